The Balaban J connectivity index is 2.48. The fourth-order valence-corrected chi connectivity index (χ4v) is 0.921. The minimum atomic E-state index is 0.878. The number of benzene rings is 1. The molecule has 0 aliphatic carbocycles. The van der Waals surface area contributed by atoms with E-state index in [-0.39, 0.29) is 0 Å². The number of rotatable bonds is 3. The van der Waals surface area contributed by atoms with E-state index in [9.17, 15) is 0 Å². The molecule has 2 nitrogen and oxygen atoms in total. The normalized spacial score (nSPS) is 10.3. The Kier molecular flexibility index (Phi) is 3.11. The Morgan fingerprint density at radius 1 is 1.17 bits per heavy atom. The van der Waals surface area contributed by atoms with Gasteiger partial charge in [0.1, 0.15) is 0 Å². The Labute approximate surface area is 74.2 Å². The van der Waals surface area contributed by atoms with E-state index >= 15 is 0 Å². The molecule has 1 rings (SSSR count). The third kappa shape index (κ3) is 2.93. The number of hydrogen-bond acceptors (Lipinski definition) is 2. The molecule has 0 atom stereocenters. The van der Waals surface area contributed by atoms with Crippen LogP contribution in [-0.2, 0) is 0 Å². The molecular weight excluding hydrogens is 148 g/mol. The fraction of sp³-hybridized carbons (Fsp3) is 0.400. The molecule has 1 N–H and O–H groups in total. The lowest BCUT2D eigenvalue weighted by atomic mass is 10.2. The highest BCUT2D eigenvalue weighted by atomic mass is 15.2. The molecule has 0 aliphatic rings. The van der Waals surface area contributed by atoms with Gasteiger partial charge < -0.3 is 5.32 Å². The smallest absolute Gasteiger partial charge is 0.0673 e. The third-order valence-corrected chi connectivity index (χ3v) is 1.65. The van der Waals surface area contributed by atoms with Crippen LogP contribution in [0.1, 0.15) is 5.56 Å². The molecule has 0 bridgehead atoms. The van der Waals surface area contributed by atoms with Gasteiger partial charge in [0, 0.05) is 5.69 Å². The van der Waals surface area contributed by atoms with Crippen LogP contribution in [0.4, 0.5) is 5.69 Å². The highest BCUT2D eigenvalue weighted by Gasteiger charge is 1.90. The van der Waals surface area contributed by atoms with Gasteiger partial charge >= 0.3 is 0 Å². The maximum Gasteiger partial charge on any atom is 0.0673 e. The predicted octanol–water partition coefficient (Wildman–Crippen LogP) is 1.93. The number of anilines is 1. The maximum absolute atomic E-state index is 3.30. The molecule has 0 saturated carbocycles. The van der Waals surface area contributed by atoms with Gasteiger partial charge in [-0.05, 0) is 33.2 Å². The van der Waals surface area contributed by atoms with E-state index in [0.29, 0.717) is 0 Å². The number of aryl methyl sites for hydroxylation is 1. The lowest BCUT2D eigenvalue weighted by molar-refractivity contribution is 0.440. The Bertz CT molecular complexity index is 226. The predicted molar refractivity (Wildman–Crippen MR) is 53.4 cm³/mol. The summed E-state index contributed by atoms with van der Waals surface area (Å²) in [5.41, 5.74) is 2.47. The van der Waals surface area contributed by atoms with Crippen molar-refractivity contribution in [2.75, 3.05) is 26.1 Å². The zero-order valence-electron chi connectivity index (χ0n) is 7.96. The Hall–Kier alpha value is -1.02. The molecule has 0 heterocycles. The summed E-state index contributed by atoms with van der Waals surface area (Å²) in [6.07, 6.45) is 0. The summed E-state index contributed by atoms with van der Waals surface area (Å²) in [5.74, 6) is 0. The summed E-state index contributed by atoms with van der Waals surface area (Å²) < 4.78 is 0. The molecule has 0 fully saturated rings. The SMILES string of the molecule is Cc1ccc(NCN(C)C)cc1. The van der Waals surface area contributed by atoms with Gasteiger partial charge in [0.2, 0.25) is 0 Å². The lowest BCUT2D eigenvalue weighted by Crippen LogP contribution is -2.20. The lowest BCUT2D eigenvalue weighted by Gasteiger charge is -2.12. The van der Waals surface area contributed by atoms with Crippen LogP contribution in [0.3, 0.4) is 0 Å². The van der Waals surface area contributed by atoms with Crippen LogP contribution < -0.4 is 5.32 Å². The average Bonchev–Trinajstić information content (AvgIpc) is 2.03. The van der Waals surface area contributed by atoms with Crippen molar-refractivity contribution in [3.63, 3.8) is 0 Å². The van der Waals surface area contributed by atoms with E-state index in [1.165, 1.54) is 11.3 Å². The second-order valence-electron chi connectivity index (χ2n) is 3.28. The first-order valence-electron chi connectivity index (χ1n) is 4.14. The van der Waals surface area contributed by atoms with Gasteiger partial charge in [0.15, 0.2) is 0 Å². The Morgan fingerprint density at radius 3 is 2.25 bits per heavy atom. The van der Waals surface area contributed by atoms with Crippen molar-refractivity contribution in [2.24, 2.45) is 0 Å². The minimum Gasteiger partial charge on any atom is -0.372 e. The van der Waals surface area contributed by atoms with Gasteiger partial charge in [-0.3, -0.25) is 4.90 Å². The van der Waals surface area contributed by atoms with Gasteiger partial charge in [0.05, 0.1) is 6.67 Å². The summed E-state index contributed by atoms with van der Waals surface area (Å²) in [4.78, 5) is 2.10. The molecule has 0 radical (unpaired) electrons. The number of nitrogens with zero attached hydrogens (tertiary/aromatic N) is 1. The van der Waals surface area contributed by atoms with Gasteiger partial charge in [-0.25, -0.2) is 0 Å². The first-order chi connectivity index (χ1) is 5.68. The molecular formula is C10H16N2. The van der Waals surface area contributed by atoms with Gasteiger partial charge in [0.25, 0.3) is 0 Å². The molecule has 0 spiro atoms. The summed E-state index contributed by atoms with van der Waals surface area (Å²) >= 11 is 0. The molecule has 66 valence electrons. The monoisotopic (exact) mass is 164 g/mol. The van der Waals surface area contributed by atoms with Crippen LogP contribution in [-0.4, -0.2) is 25.7 Å². The van der Waals surface area contributed by atoms with E-state index in [1.54, 1.807) is 0 Å². The van der Waals surface area contributed by atoms with Crippen LogP contribution in [0.2, 0.25) is 0 Å². The van der Waals surface area contributed by atoms with Crippen molar-refractivity contribution >= 4 is 5.69 Å². The van der Waals surface area contributed by atoms with Crippen molar-refractivity contribution < 1.29 is 0 Å². The molecule has 0 unspecified atom stereocenters. The van der Waals surface area contributed by atoms with E-state index in [0.717, 1.165) is 6.67 Å². The van der Waals surface area contributed by atoms with E-state index in [4.69, 9.17) is 0 Å². The third-order valence-electron chi connectivity index (χ3n) is 1.65. The highest BCUT2D eigenvalue weighted by Crippen LogP contribution is 2.07. The van der Waals surface area contributed by atoms with E-state index < -0.39 is 0 Å². The largest absolute Gasteiger partial charge is 0.372 e. The average molecular weight is 164 g/mol. The molecule has 0 aromatic heterocycles. The van der Waals surface area contributed by atoms with Crippen molar-refractivity contribution in [2.45, 2.75) is 6.92 Å². The first kappa shape index (κ1) is 9.07. The summed E-state index contributed by atoms with van der Waals surface area (Å²) in [7, 11) is 4.09. The van der Waals surface area contributed by atoms with Crippen LogP contribution >= 0.6 is 0 Å². The summed E-state index contributed by atoms with van der Waals surface area (Å²) in [6, 6.07) is 8.41. The molecule has 1 aromatic rings. The van der Waals surface area contributed by atoms with Crippen molar-refractivity contribution in [1.29, 1.82) is 0 Å². The van der Waals surface area contributed by atoms with E-state index in [2.05, 4.69) is 41.4 Å². The molecule has 0 amide bonds. The molecule has 0 saturated heterocycles. The topological polar surface area (TPSA) is 15.3 Å². The van der Waals surface area contributed by atoms with Crippen molar-refractivity contribution in [1.82, 2.24) is 4.90 Å². The van der Waals surface area contributed by atoms with E-state index in [1.807, 2.05) is 14.1 Å². The fourth-order valence-electron chi connectivity index (χ4n) is 0.921. The van der Waals surface area contributed by atoms with Crippen LogP contribution in [0.25, 0.3) is 0 Å². The van der Waals surface area contributed by atoms with Gasteiger partial charge in [-0.1, -0.05) is 17.7 Å². The highest BCUT2D eigenvalue weighted by molar-refractivity contribution is 5.44. The standard InChI is InChI=1S/C10H16N2/c1-9-4-6-10(7-5-9)11-8-12(2)3/h4-7,11H,8H2,1-3H3. The molecule has 2 heteroatoms. The number of nitrogens with one attached hydrogen (secondary N) is 1. The van der Waals surface area contributed by atoms with Crippen LogP contribution in [0.15, 0.2) is 24.3 Å². The number of hydrogen-bond donors (Lipinski definition) is 1. The minimum absolute atomic E-state index is 0.878. The molecule has 1 aromatic carbocycles. The van der Waals surface area contributed by atoms with Gasteiger partial charge in [-0.15, -0.1) is 0 Å². The van der Waals surface area contributed by atoms with Crippen LogP contribution in [0.5, 0.6) is 0 Å². The van der Waals surface area contributed by atoms with Crippen LogP contribution in [0, 0.1) is 6.92 Å². The molecule has 0 aliphatic heterocycles. The Morgan fingerprint density at radius 2 is 1.75 bits per heavy atom. The van der Waals surface area contributed by atoms with Crippen molar-refractivity contribution in [3.8, 4) is 0 Å². The zero-order chi connectivity index (χ0) is 8.97. The molecule has 12 heavy (non-hydrogen) atoms. The summed E-state index contributed by atoms with van der Waals surface area (Å²) in [6.45, 7) is 2.97. The second kappa shape index (κ2) is 4.12. The first-order valence-corrected chi connectivity index (χ1v) is 4.14. The zero-order valence-corrected chi connectivity index (χ0v) is 7.96. The second-order valence-corrected chi connectivity index (χ2v) is 3.28. The summed E-state index contributed by atoms with van der Waals surface area (Å²) in [5, 5.41) is 3.30. The van der Waals surface area contributed by atoms with Crippen molar-refractivity contribution in [3.05, 3.63) is 29.8 Å². The van der Waals surface area contributed by atoms with Gasteiger partial charge in [-0.2, -0.15) is 0 Å². The quantitative estimate of drug-likeness (QED) is 0.687. The maximum atomic E-state index is 3.30.